The molecule has 8 N–H and O–H groups in total. The molecule has 7 unspecified atom stereocenters. The van der Waals surface area contributed by atoms with Crippen molar-refractivity contribution in [2.45, 2.75) is 209 Å². The molecule has 0 bridgehead atoms. The van der Waals surface area contributed by atoms with Crippen LogP contribution in [0, 0.1) is 46.3 Å². The van der Waals surface area contributed by atoms with Crippen molar-refractivity contribution in [2.24, 2.45) is 46.3 Å². The van der Waals surface area contributed by atoms with Crippen molar-refractivity contribution in [3.63, 3.8) is 0 Å². The predicted octanol–water partition coefficient (Wildman–Crippen LogP) is 1.24. The molecule has 26 atom stereocenters. The average Bonchev–Trinajstić information content (AvgIpc) is 3.69. The lowest BCUT2D eigenvalue weighted by Gasteiger charge is -2.58. The van der Waals surface area contributed by atoms with Gasteiger partial charge in [-0.1, -0.05) is 39.3 Å². The summed E-state index contributed by atoms with van der Waals surface area (Å²) in [6.45, 7) is 12.7. The fraction of sp³-hybridized carbons (Fsp3) is 0.956. The van der Waals surface area contributed by atoms with Crippen molar-refractivity contribution in [1.29, 1.82) is 0 Å². The number of hydrogen-bond donors (Lipinski definition) is 8. The Kier molecular flexibility index (Phi) is 12.4. The van der Waals surface area contributed by atoms with Crippen LogP contribution in [0.5, 0.6) is 0 Å². The highest BCUT2D eigenvalue weighted by Crippen LogP contribution is 2.70. The van der Waals surface area contributed by atoms with Crippen LogP contribution in [0.1, 0.15) is 99.3 Å². The topological polar surface area (TPSA) is 236 Å². The summed E-state index contributed by atoms with van der Waals surface area (Å²) in [5.74, 6) is 2.64. The molecule has 5 heterocycles. The van der Waals surface area contributed by atoms with Gasteiger partial charge in [-0.05, 0) is 106 Å². The first-order valence-electron chi connectivity index (χ1n) is 23.2. The first-order chi connectivity index (χ1) is 28.9. The first-order valence-corrected chi connectivity index (χ1v) is 23.2. The quantitative estimate of drug-likeness (QED) is 0.168. The molecular formula is C45H72O16. The van der Waals surface area contributed by atoms with Gasteiger partial charge in [-0.3, -0.25) is 0 Å². The Morgan fingerprint density at radius 1 is 0.689 bits per heavy atom. The van der Waals surface area contributed by atoms with E-state index < -0.39 is 105 Å². The Morgan fingerprint density at radius 3 is 1.97 bits per heavy atom. The molecule has 0 amide bonds. The minimum atomic E-state index is -1.71. The molecule has 3 saturated carbocycles. The van der Waals surface area contributed by atoms with Crippen molar-refractivity contribution in [1.82, 2.24) is 0 Å². The zero-order chi connectivity index (χ0) is 43.5. The number of fused-ring (bicyclic) bond motifs is 7. The summed E-state index contributed by atoms with van der Waals surface area (Å²) in [6, 6.07) is 0. The van der Waals surface area contributed by atoms with Crippen LogP contribution in [0.3, 0.4) is 0 Å². The SMILES string of the molecule is CC1O[C@@H](O[C@@H]2C(CO)O[C@@H](OC3CC[C@@]4(C)C(=CC[C@H]5[C@@H]6C[C@@H]7O[C@]8(CC[C@@H](C)CO8)[C@@H](C)[C@@H]7[C@@]6(C)CC[C@@H]54)C3)[C@@H](O[C@@H]3OC(C)[C@H](O)C(O)[C@@H]3O)C2O)[C@@H](O)C(O)[C@H]1O. The van der Waals surface area contributed by atoms with Gasteiger partial charge in [-0.25, -0.2) is 0 Å². The molecule has 0 radical (unpaired) electrons. The van der Waals surface area contributed by atoms with E-state index in [2.05, 4.69) is 33.8 Å². The number of rotatable bonds is 7. The van der Waals surface area contributed by atoms with Gasteiger partial charge in [-0.15, -0.1) is 0 Å². The molecule has 4 aliphatic carbocycles. The van der Waals surface area contributed by atoms with Crippen LogP contribution < -0.4 is 0 Å². The van der Waals surface area contributed by atoms with Crippen molar-refractivity contribution < 1.29 is 78.7 Å². The van der Waals surface area contributed by atoms with Gasteiger partial charge >= 0.3 is 0 Å². The molecule has 9 rings (SSSR count). The zero-order valence-corrected chi connectivity index (χ0v) is 36.5. The third-order valence-corrected chi connectivity index (χ3v) is 17.6. The van der Waals surface area contributed by atoms with Crippen LogP contribution in [0.2, 0.25) is 0 Å². The summed E-state index contributed by atoms with van der Waals surface area (Å²) in [5.41, 5.74) is 1.53. The van der Waals surface area contributed by atoms with E-state index in [1.807, 2.05) is 0 Å². The van der Waals surface area contributed by atoms with Gasteiger partial charge in [0.05, 0.1) is 37.6 Å². The van der Waals surface area contributed by atoms with E-state index in [1.54, 1.807) is 0 Å². The molecule has 0 aromatic rings. The van der Waals surface area contributed by atoms with E-state index in [9.17, 15) is 40.9 Å². The van der Waals surface area contributed by atoms with Gasteiger partial charge in [-0.2, -0.15) is 0 Å². The van der Waals surface area contributed by atoms with Crippen LogP contribution in [-0.2, 0) is 37.9 Å². The monoisotopic (exact) mass is 868 g/mol. The van der Waals surface area contributed by atoms with E-state index in [1.165, 1.54) is 25.8 Å². The summed E-state index contributed by atoms with van der Waals surface area (Å²) in [4.78, 5) is 0. The van der Waals surface area contributed by atoms with Crippen molar-refractivity contribution in [2.75, 3.05) is 13.2 Å². The molecule has 5 aliphatic heterocycles. The van der Waals surface area contributed by atoms with Gasteiger partial charge in [0.25, 0.3) is 0 Å². The highest BCUT2D eigenvalue weighted by Gasteiger charge is 2.69. The second-order valence-electron chi connectivity index (χ2n) is 21.1. The molecule has 5 saturated heterocycles. The maximum atomic E-state index is 12.0. The second kappa shape index (κ2) is 16.8. The third kappa shape index (κ3) is 7.42. The van der Waals surface area contributed by atoms with Crippen molar-refractivity contribution in [3.05, 3.63) is 11.6 Å². The molecule has 16 nitrogen and oxygen atoms in total. The van der Waals surface area contributed by atoms with Gasteiger partial charge in [0.2, 0.25) is 0 Å². The summed E-state index contributed by atoms with van der Waals surface area (Å²) in [5, 5.41) is 85.9. The van der Waals surface area contributed by atoms with Crippen LogP contribution in [0.4, 0.5) is 0 Å². The number of aliphatic hydroxyl groups excluding tert-OH is 8. The van der Waals surface area contributed by atoms with Crippen LogP contribution in [0.25, 0.3) is 0 Å². The summed E-state index contributed by atoms with van der Waals surface area (Å²) in [7, 11) is 0. The Balaban J connectivity index is 0.916. The lowest BCUT2D eigenvalue weighted by Crippen LogP contribution is -2.66. The number of hydrogen-bond acceptors (Lipinski definition) is 16. The Labute approximate surface area is 358 Å². The van der Waals surface area contributed by atoms with E-state index in [4.69, 9.17) is 37.9 Å². The van der Waals surface area contributed by atoms with Crippen LogP contribution in [-0.4, -0.2) is 164 Å². The van der Waals surface area contributed by atoms with Crippen LogP contribution in [0.15, 0.2) is 11.6 Å². The van der Waals surface area contributed by atoms with Crippen LogP contribution >= 0.6 is 0 Å². The number of aliphatic hydroxyl groups is 8. The molecular weight excluding hydrogens is 796 g/mol. The Hall–Kier alpha value is -0.900. The molecule has 0 aromatic heterocycles. The summed E-state index contributed by atoms with van der Waals surface area (Å²) in [6.07, 6.45) is -10.4. The summed E-state index contributed by atoms with van der Waals surface area (Å²) >= 11 is 0. The molecule has 348 valence electrons. The second-order valence-corrected chi connectivity index (χ2v) is 21.1. The van der Waals surface area contributed by atoms with Crippen molar-refractivity contribution in [3.8, 4) is 0 Å². The highest BCUT2D eigenvalue weighted by atomic mass is 16.8. The standard InChI is InChI=1S/C45H72O16/c1-19-9-14-45(54-18-19)20(2)30-28(61-45)16-27-25-8-7-23-15-24(10-12-43(23,5)26(25)11-13-44(27,30)6)57-42-39(60-41-36(52)34(50)32(48)22(4)56-41)37(53)38(29(17-46)58-42)59-40-35(51)33(49)31(47)21(3)55-40/h7,19-22,24-42,46-53H,8-18H2,1-6H3/t19-,20+,21?,22?,24?,25-,26+,27+,28+,29?,30+,31+,32+,33?,34?,35+,36+,37?,38-,39+,40+,41+,42-,43+,44+,45-/m1/s1. The first kappa shape index (κ1) is 45.3. The normalized spacial score (nSPS) is 58.4. The predicted molar refractivity (Wildman–Crippen MR) is 213 cm³/mol. The molecule has 16 heteroatoms. The third-order valence-electron chi connectivity index (χ3n) is 17.6. The summed E-state index contributed by atoms with van der Waals surface area (Å²) < 4.78 is 50.1. The minimum absolute atomic E-state index is 0.0171. The van der Waals surface area contributed by atoms with Gasteiger partial charge in [0.1, 0.15) is 61.0 Å². The molecule has 8 fully saturated rings. The molecule has 9 aliphatic rings. The van der Waals surface area contributed by atoms with E-state index in [0.29, 0.717) is 48.3 Å². The van der Waals surface area contributed by atoms with Crippen molar-refractivity contribution >= 4 is 0 Å². The Morgan fingerprint density at radius 2 is 1.34 bits per heavy atom. The molecule has 1 spiro atoms. The maximum Gasteiger partial charge on any atom is 0.187 e. The van der Waals surface area contributed by atoms with Gasteiger partial charge in [0.15, 0.2) is 24.7 Å². The molecule has 61 heavy (non-hydrogen) atoms. The fourth-order valence-corrected chi connectivity index (χ4v) is 14.0. The molecule has 0 aromatic carbocycles. The highest BCUT2D eigenvalue weighted by molar-refractivity contribution is 5.26. The Bertz CT molecular complexity index is 1590. The lowest BCUT2D eigenvalue weighted by molar-refractivity contribution is -0.388. The van der Waals surface area contributed by atoms with Gasteiger partial charge < -0.3 is 78.7 Å². The average molecular weight is 869 g/mol. The zero-order valence-electron chi connectivity index (χ0n) is 36.5. The largest absolute Gasteiger partial charge is 0.394 e. The minimum Gasteiger partial charge on any atom is -0.394 e. The maximum absolute atomic E-state index is 12.0. The van der Waals surface area contributed by atoms with E-state index >= 15 is 0 Å². The van der Waals surface area contributed by atoms with Gasteiger partial charge in [0, 0.05) is 12.3 Å². The smallest absolute Gasteiger partial charge is 0.187 e. The van der Waals surface area contributed by atoms with E-state index in [-0.39, 0.29) is 23.0 Å². The van der Waals surface area contributed by atoms with E-state index in [0.717, 1.165) is 45.1 Å². The lowest BCUT2D eigenvalue weighted by atomic mass is 9.47. The number of allylic oxidation sites excluding steroid dienone is 1. The number of ether oxygens (including phenoxy) is 8. The fourth-order valence-electron chi connectivity index (χ4n) is 14.0.